The van der Waals surface area contributed by atoms with E-state index in [1.54, 1.807) is 6.07 Å². The van der Waals surface area contributed by atoms with Crippen LogP contribution in [0.5, 0.6) is 0 Å². The second-order valence-electron chi connectivity index (χ2n) is 3.92. The number of benzene rings is 1. The Morgan fingerprint density at radius 1 is 1.42 bits per heavy atom. The summed E-state index contributed by atoms with van der Waals surface area (Å²) in [6.45, 7) is -0.791. The summed E-state index contributed by atoms with van der Waals surface area (Å²) in [4.78, 5) is 22.7. The summed E-state index contributed by atoms with van der Waals surface area (Å²) < 4.78 is 13.6. The maximum absolute atomic E-state index is 13.6. The average molecular weight is 265 g/mol. The smallest absolute Gasteiger partial charge is 0.317 e. The number of hydrogen-bond acceptors (Lipinski definition) is 4. The van der Waals surface area contributed by atoms with Crippen molar-refractivity contribution in [1.29, 1.82) is 5.26 Å². The van der Waals surface area contributed by atoms with Crippen LogP contribution in [0.2, 0.25) is 0 Å². The fourth-order valence-electron chi connectivity index (χ4n) is 1.57. The van der Waals surface area contributed by atoms with Crippen LogP contribution in [0.15, 0.2) is 18.2 Å². The number of carboxylic acids is 1. The maximum Gasteiger partial charge on any atom is 0.317 e. The molecule has 1 amide bonds. The fraction of sp³-hybridized carbons (Fsp3) is 0.250. The first-order chi connectivity index (χ1) is 8.92. The van der Waals surface area contributed by atoms with Crippen molar-refractivity contribution in [2.24, 2.45) is 5.73 Å². The monoisotopic (exact) mass is 265 g/mol. The van der Waals surface area contributed by atoms with Crippen LogP contribution in [0.25, 0.3) is 0 Å². The predicted octanol–water partition coefficient (Wildman–Crippen LogP) is 0.0693. The average Bonchev–Trinajstić information content (AvgIpc) is 2.30. The predicted molar refractivity (Wildman–Crippen MR) is 63.2 cm³/mol. The molecule has 1 rings (SSSR count). The van der Waals surface area contributed by atoms with E-state index in [0.29, 0.717) is 0 Å². The molecule has 1 aromatic rings. The second kappa shape index (κ2) is 6.47. The van der Waals surface area contributed by atoms with Crippen LogP contribution in [0.1, 0.15) is 11.1 Å². The van der Waals surface area contributed by atoms with Gasteiger partial charge in [-0.15, -0.1) is 0 Å². The highest BCUT2D eigenvalue weighted by Crippen LogP contribution is 2.12. The molecule has 0 bridgehead atoms. The Bertz CT molecular complexity index is 524. The minimum Gasteiger partial charge on any atom is -0.480 e. The molecule has 0 heterocycles. The van der Waals surface area contributed by atoms with Crippen molar-refractivity contribution < 1.29 is 19.1 Å². The third-order valence-electron chi connectivity index (χ3n) is 2.31. The third-order valence-corrected chi connectivity index (χ3v) is 2.31. The van der Waals surface area contributed by atoms with E-state index in [0.717, 1.165) is 6.07 Å². The molecule has 1 aromatic carbocycles. The molecule has 0 fully saturated rings. The van der Waals surface area contributed by atoms with Gasteiger partial charge in [-0.3, -0.25) is 14.5 Å². The summed E-state index contributed by atoms with van der Waals surface area (Å²) >= 11 is 0. The van der Waals surface area contributed by atoms with Gasteiger partial charge in [0.15, 0.2) is 0 Å². The number of hydrogen-bond donors (Lipinski definition) is 2. The molecule has 0 atom stereocenters. The van der Waals surface area contributed by atoms with E-state index < -0.39 is 24.2 Å². The molecule has 0 spiro atoms. The number of carbonyl (C=O) groups is 2. The maximum atomic E-state index is 13.6. The van der Waals surface area contributed by atoms with E-state index in [4.69, 9.17) is 16.1 Å². The third kappa shape index (κ3) is 4.73. The van der Waals surface area contributed by atoms with E-state index in [9.17, 15) is 14.0 Å². The topological polar surface area (TPSA) is 107 Å². The first-order valence-electron chi connectivity index (χ1n) is 5.33. The standard InChI is InChI=1S/C12H12FN3O3/c13-10-3-8(4-14)1-2-9(10)5-16(6-11(15)17)7-12(18)19/h1-3H,5-7H2,(H2,15,17)(H,18,19). The number of amides is 1. The number of primary amides is 1. The van der Waals surface area contributed by atoms with Gasteiger partial charge in [-0.25, -0.2) is 4.39 Å². The molecular formula is C12H12FN3O3. The van der Waals surface area contributed by atoms with Gasteiger partial charge in [0.1, 0.15) is 5.82 Å². The number of carboxylic acid groups (broad SMARTS) is 1. The first kappa shape index (κ1) is 14.6. The van der Waals surface area contributed by atoms with Gasteiger partial charge < -0.3 is 10.8 Å². The Kier molecular flexibility index (Phi) is 4.97. The van der Waals surface area contributed by atoms with Gasteiger partial charge in [-0.1, -0.05) is 6.07 Å². The number of aliphatic carboxylic acids is 1. The lowest BCUT2D eigenvalue weighted by atomic mass is 10.1. The molecule has 0 aromatic heterocycles. The minimum absolute atomic E-state index is 0.0766. The van der Waals surface area contributed by atoms with Crippen LogP contribution in [0.3, 0.4) is 0 Å². The molecule has 7 heteroatoms. The summed E-state index contributed by atoms with van der Waals surface area (Å²) in [6, 6.07) is 5.64. The minimum atomic E-state index is -1.14. The van der Waals surface area contributed by atoms with Crippen molar-refractivity contribution >= 4 is 11.9 Å². The summed E-state index contributed by atoms with van der Waals surface area (Å²) in [7, 11) is 0. The lowest BCUT2D eigenvalue weighted by molar-refractivity contribution is -0.138. The zero-order valence-corrected chi connectivity index (χ0v) is 9.97. The highest BCUT2D eigenvalue weighted by molar-refractivity contribution is 5.77. The van der Waals surface area contributed by atoms with Gasteiger partial charge >= 0.3 is 5.97 Å². The van der Waals surface area contributed by atoms with Crippen molar-refractivity contribution in [3.05, 3.63) is 35.1 Å². The zero-order valence-electron chi connectivity index (χ0n) is 9.97. The molecule has 100 valence electrons. The van der Waals surface area contributed by atoms with Crippen molar-refractivity contribution in [1.82, 2.24) is 4.90 Å². The Morgan fingerprint density at radius 3 is 2.58 bits per heavy atom. The second-order valence-corrected chi connectivity index (χ2v) is 3.92. The van der Waals surface area contributed by atoms with Gasteiger partial charge in [0.25, 0.3) is 0 Å². The Labute approximate surface area is 108 Å². The SMILES string of the molecule is N#Cc1ccc(CN(CC(N)=O)CC(=O)O)c(F)c1. The van der Waals surface area contributed by atoms with Gasteiger partial charge in [0.05, 0.1) is 24.7 Å². The lowest BCUT2D eigenvalue weighted by Gasteiger charge is -2.18. The molecule has 19 heavy (non-hydrogen) atoms. The van der Waals surface area contributed by atoms with Gasteiger partial charge in [0, 0.05) is 12.1 Å². The zero-order chi connectivity index (χ0) is 14.4. The number of halogens is 1. The largest absolute Gasteiger partial charge is 0.480 e. The molecule has 0 radical (unpaired) electrons. The molecule has 0 unspecified atom stereocenters. The number of nitriles is 1. The number of carbonyl (C=O) groups excluding carboxylic acids is 1. The number of rotatable bonds is 6. The summed E-state index contributed by atoms with van der Waals surface area (Å²) in [5, 5.41) is 17.3. The van der Waals surface area contributed by atoms with Crippen molar-refractivity contribution in [2.45, 2.75) is 6.54 Å². The van der Waals surface area contributed by atoms with Crippen LogP contribution in [-0.4, -0.2) is 35.0 Å². The highest BCUT2D eigenvalue weighted by atomic mass is 19.1. The summed E-state index contributed by atoms with van der Waals surface area (Å²) in [5.41, 5.74) is 5.36. The molecule has 6 nitrogen and oxygen atoms in total. The van der Waals surface area contributed by atoms with Crippen molar-refractivity contribution in [3.63, 3.8) is 0 Å². The van der Waals surface area contributed by atoms with Crippen LogP contribution in [-0.2, 0) is 16.1 Å². The molecule has 0 aliphatic carbocycles. The van der Waals surface area contributed by atoms with Gasteiger partial charge in [-0.05, 0) is 12.1 Å². The van der Waals surface area contributed by atoms with Crippen LogP contribution >= 0.6 is 0 Å². The van der Waals surface area contributed by atoms with Crippen molar-refractivity contribution in [2.75, 3.05) is 13.1 Å². The molecular weight excluding hydrogens is 253 g/mol. The quantitative estimate of drug-likeness (QED) is 0.756. The normalized spacial score (nSPS) is 10.2. The number of nitrogens with zero attached hydrogens (tertiary/aromatic N) is 2. The fourth-order valence-corrected chi connectivity index (χ4v) is 1.57. The highest BCUT2D eigenvalue weighted by Gasteiger charge is 2.15. The summed E-state index contributed by atoms with van der Waals surface area (Å²) in [5.74, 6) is -2.47. The molecule has 0 aliphatic heterocycles. The molecule has 0 aliphatic rings. The van der Waals surface area contributed by atoms with E-state index in [2.05, 4.69) is 0 Å². The van der Waals surface area contributed by atoms with Gasteiger partial charge in [0.2, 0.25) is 5.91 Å². The Morgan fingerprint density at radius 2 is 2.11 bits per heavy atom. The molecule has 0 saturated heterocycles. The lowest BCUT2D eigenvalue weighted by Crippen LogP contribution is -2.37. The van der Waals surface area contributed by atoms with E-state index in [1.165, 1.54) is 17.0 Å². The van der Waals surface area contributed by atoms with Crippen LogP contribution in [0, 0.1) is 17.1 Å². The van der Waals surface area contributed by atoms with E-state index >= 15 is 0 Å². The van der Waals surface area contributed by atoms with Gasteiger partial charge in [-0.2, -0.15) is 5.26 Å². The first-order valence-corrected chi connectivity index (χ1v) is 5.33. The van der Waals surface area contributed by atoms with Crippen molar-refractivity contribution in [3.8, 4) is 6.07 Å². The Hall–Kier alpha value is -2.46. The summed E-state index contributed by atoms with van der Waals surface area (Å²) in [6.07, 6.45) is 0. The van der Waals surface area contributed by atoms with Crippen LogP contribution in [0.4, 0.5) is 4.39 Å². The van der Waals surface area contributed by atoms with E-state index in [-0.39, 0.29) is 24.2 Å². The van der Waals surface area contributed by atoms with Crippen LogP contribution < -0.4 is 5.73 Å². The number of nitrogens with two attached hydrogens (primary N) is 1. The molecule has 0 saturated carbocycles. The molecule has 3 N–H and O–H groups in total. The van der Waals surface area contributed by atoms with E-state index in [1.807, 2.05) is 0 Å². The Balaban J connectivity index is 2.86.